The number of carbonyl (C=O) groups is 1. The predicted molar refractivity (Wildman–Crippen MR) is 114 cm³/mol. The molecule has 2 aromatic carbocycles. The van der Waals surface area contributed by atoms with Crippen LogP contribution in [0.1, 0.15) is 36.8 Å². The number of benzene rings is 2. The summed E-state index contributed by atoms with van der Waals surface area (Å²) in [6, 6.07) is 16.4. The molecule has 0 aliphatic carbocycles. The summed E-state index contributed by atoms with van der Waals surface area (Å²) in [6.45, 7) is 5.55. The van der Waals surface area contributed by atoms with Crippen LogP contribution in [0.3, 0.4) is 0 Å². The van der Waals surface area contributed by atoms with E-state index in [0.29, 0.717) is 30.5 Å². The first-order valence-corrected chi connectivity index (χ1v) is 10.4. The van der Waals surface area contributed by atoms with Crippen molar-refractivity contribution in [3.63, 3.8) is 0 Å². The molecular formula is C23H29ClN2O2. The molecule has 28 heavy (non-hydrogen) atoms. The average molecular weight is 401 g/mol. The van der Waals surface area contributed by atoms with Crippen molar-refractivity contribution in [2.24, 2.45) is 0 Å². The van der Waals surface area contributed by atoms with Crippen LogP contribution in [0.25, 0.3) is 0 Å². The molecule has 1 N–H and O–H groups in total. The molecule has 0 saturated carbocycles. The van der Waals surface area contributed by atoms with Gasteiger partial charge < -0.3 is 10.1 Å². The molecule has 1 amide bonds. The number of aryl methyl sites for hydroxylation is 1. The molecule has 0 radical (unpaired) electrons. The second-order valence-electron chi connectivity index (χ2n) is 7.47. The molecule has 3 rings (SSSR count). The lowest BCUT2D eigenvalue weighted by Gasteiger charge is -2.32. The first-order chi connectivity index (χ1) is 13.6. The van der Waals surface area contributed by atoms with Crippen LogP contribution >= 0.6 is 11.6 Å². The molecule has 2 aromatic rings. The summed E-state index contributed by atoms with van der Waals surface area (Å²) in [4.78, 5) is 14.7. The van der Waals surface area contributed by atoms with Crippen LogP contribution in [-0.2, 0) is 11.3 Å². The van der Waals surface area contributed by atoms with Gasteiger partial charge in [0, 0.05) is 37.1 Å². The van der Waals surface area contributed by atoms with E-state index in [1.54, 1.807) is 0 Å². The summed E-state index contributed by atoms with van der Waals surface area (Å²) in [5, 5.41) is 3.89. The molecule has 1 aliphatic heterocycles. The summed E-state index contributed by atoms with van der Waals surface area (Å²) >= 11 is 5.95. The molecule has 1 aliphatic rings. The molecule has 0 aromatic heterocycles. The third kappa shape index (κ3) is 6.54. The number of piperidine rings is 1. The summed E-state index contributed by atoms with van der Waals surface area (Å²) in [5.74, 6) is 0.952. The van der Waals surface area contributed by atoms with Crippen molar-refractivity contribution in [2.45, 2.75) is 45.2 Å². The zero-order valence-corrected chi connectivity index (χ0v) is 17.3. The van der Waals surface area contributed by atoms with Gasteiger partial charge in [0.2, 0.25) is 5.91 Å². The molecule has 1 saturated heterocycles. The number of nitrogens with zero attached hydrogens (tertiary/aromatic N) is 1. The van der Waals surface area contributed by atoms with Crippen molar-refractivity contribution >= 4 is 17.5 Å². The van der Waals surface area contributed by atoms with E-state index < -0.39 is 0 Å². The Labute approximate surface area is 172 Å². The Bertz CT molecular complexity index is 758. The number of ether oxygens (including phenoxy) is 1. The molecular weight excluding hydrogens is 372 g/mol. The van der Waals surface area contributed by atoms with E-state index in [9.17, 15) is 4.79 Å². The largest absolute Gasteiger partial charge is 0.493 e. The second-order valence-corrected chi connectivity index (χ2v) is 7.90. The average Bonchev–Trinajstić information content (AvgIpc) is 2.69. The summed E-state index contributed by atoms with van der Waals surface area (Å²) < 4.78 is 5.76. The lowest BCUT2D eigenvalue weighted by Crippen LogP contribution is -2.44. The van der Waals surface area contributed by atoms with Gasteiger partial charge in [0.25, 0.3) is 0 Å². The van der Waals surface area contributed by atoms with Crippen molar-refractivity contribution in [3.8, 4) is 5.75 Å². The fraction of sp³-hybridized carbons (Fsp3) is 0.435. The van der Waals surface area contributed by atoms with Gasteiger partial charge in [0.15, 0.2) is 0 Å². The van der Waals surface area contributed by atoms with E-state index in [1.165, 1.54) is 5.56 Å². The lowest BCUT2D eigenvalue weighted by atomic mass is 10.0. The Kier molecular flexibility index (Phi) is 7.75. The van der Waals surface area contributed by atoms with Crippen molar-refractivity contribution < 1.29 is 9.53 Å². The van der Waals surface area contributed by atoms with E-state index in [1.807, 2.05) is 31.2 Å². The van der Waals surface area contributed by atoms with Crippen molar-refractivity contribution in [1.82, 2.24) is 10.2 Å². The number of hydrogen-bond donors (Lipinski definition) is 1. The van der Waals surface area contributed by atoms with Crippen LogP contribution in [-0.4, -0.2) is 36.5 Å². The maximum Gasteiger partial charge on any atom is 0.220 e. The fourth-order valence-electron chi connectivity index (χ4n) is 3.57. The van der Waals surface area contributed by atoms with Crippen molar-refractivity contribution in [3.05, 3.63) is 64.7 Å². The van der Waals surface area contributed by atoms with Gasteiger partial charge in [0.1, 0.15) is 5.75 Å². The highest BCUT2D eigenvalue weighted by Crippen LogP contribution is 2.22. The van der Waals surface area contributed by atoms with E-state index in [0.717, 1.165) is 43.8 Å². The van der Waals surface area contributed by atoms with Gasteiger partial charge in [-0.1, -0.05) is 41.9 Å². The highest BCUT2D eigenvalue weighted by atomic mass is 35.5. The first-order valence-electron chi connectivity index (χ1n) is 10.0. The quantitative estimate of drug-likeness (QED) is 0.659. The maximum absolute atomic E-state index is 12.2. The molecule has 1 fully saturated rings. The molecule has 1 heterocycles. The normalized spacial score (nSPS) is 15.4. The van der Waals surface area contributed by atoms with Gasteiger partial charge in [-0.15, -0.1) is 0 Å². The highest BCUT2D eigenvalue weighted by molar-refractivity contribution is 6.30. The number of halogens is 1. The van der Waals surface area contributed by atoms with Gasteiger partial charge in [-0.3, -0.25) is 9.69 Å². The van der Waals surface area contributed by atoms with Crippen molar-refractivity contribution in [2.75, 3.05) is 19.7 Å². The molecule has 0 unspecified atom stereocenters. The molecule has 4 nitrogen and oxygen atoms in total. The summed E-state index contributed by atoms with van der Waals surface area (Å²) in [5.41, 5.74) is 2.36. The third-order valence-corrected chi connectivity index (χ3v) is 5.38. The van der Waals surface area contributed by atoms with E-state index in [-0.39, 0.29) is 5.91 Å². The number of rotatable bonds is 8. The van der Waals surface area contributed by atoms with Gasteiger partial charge >= 0.3 is 0 Å². The number of amides is 1. The van der Waals surface area contributed by atoms with Crippen molar-refractivity contribution in [1.29, 1.82) is 0 Å². The Morgan fingerprint density at radius 2 is 1.93 bits per heavy atom. The summed E-state index contributed by atoms with van der Waals surface area (Å²) in [7, 11) is 0. The fourth-order valence-corrected chi connectivity index (χ4v) is 3.79. The van der Waals surface area contributed by atoms with Gasteiger partial charge in [0.05, 0.1) is 6.61 Å². The first kappa shape index (κ1) is 20.7. The zero-order valence-electron chi connectivity index (χ0n) is 16.5. The van der Waals surface area contributed by atoms with Crippen LogP contribution in [0, 0.1) is 6.92 Å². The Morgan fingerprint density at radius 1 is 1.18 bits per heavy atom. The van der Waals surface area contributed by atoms with E-state index >= 15 is 0 Å². The van der Waals surface area contributed by atoms with Crippen LogP contribution in [0.15, 0.2) is 48.5 Å². The lowest BCUT2D eigenvalue weighted by molar-refractivity contribution is -0.122. The molecule has 150 valence electrons. The summed E-state index contributed by atoms with van der Waals surface area (Å²) in [6.07, 6.45) is 3.23. The maximum atomic E-state index is 12.2. The number of hydrogen-bond acceptors (Lipinski definition) is 3. The number of likely N-dealkylation sites (tertiary alicyclic amines) is 1. The topological polar surface area (TPSA) is 41.6 Å². The van der Waals surface area contributed by atoms with E-state index in [2.05, 4.69) is 34.5 Å². The third-order valence-electron chi connectivity index (χ3n) is 5.14. The molecule has 0 spiro atoms. The Morgan fingerprint density at radius 3 is 2.64 bits per heavy atom. The molecule has 0 bridgehead atoms. The predicted octanol–water partition coefficient (Wildman–Crippen LogP) is 4.59. The number of carbonyl (C=O) groups excluding carboxylic acids is 1. The van der Waals surface area contributed by atoms with Gasteiger partial charge in [-0.25, -0.2) is 0 Å². The monoisotopic (exact) mass is 400 g/mol. The standard InChI is InChI=1S/C23H29ClN2O2/c1-18-16-20(24)9-10-22(18)28-15-5-8-23(27)25-21-11-13-26(14-12-21)17-19-6-3-2-4-7-19/h2-4,6-7,9-10,16,21H,5,8,11-15,17H2,1H3,(H,25,27). The van der Waals surface area contributed by atoms with Crippen LogP contribution in [0.5, 0.6) is 5.75 Å². The Hall–Kier alpha value is -2.04. The van der Waals surface area contributed by atoms with Gasteiger partial charge in [-0.05, 0) is 55.5 Å². The van der Waals surface area contributed by atoms with Crippen LogP contribution in [0.2, 0.25) is 5.02 Å². The number of nitrogens with one attached hydrogen (secondary N) is 1. The second kappa shape index (κ2) is 10.5. The molecule has 0 atom stereocenters. The minimum Gasteiger partial charge on any atom is -0.493 e. The minimum atomic E-state index is 0.123. The SMILES string of the molecule is Cc1cc(Cl)ccc1OCCCC(=O)NC1CCN(Cc2ccccc2)CC1. The van der Waals surface area contributed by atoms with E-state index in [4.69, 9.17) is 16.3 Å². The van der Waals surface area contributed by atoms with Crippen LogP contribution in [0.4, 0.5) is 0 Å². The van der Waals surface area contributed by atoms with Crippen LogP contribution < -0.4 is 10.1 Å². The smallest absolute Gasteiger partial charge is 0.220 e. The van der Waals surface area contributed by atoms with Gasteiger partial charge in [-0.2, -0.15) is 0 Å². The molecule has 5 heteroatoms. The highest BCUT2D eigenvalue weighted by Gasteiger charge is 2.20. The Balaban J connectivity index is 1.30. The minimum absolute atomic E-state index is 0.123. The zero-order chi connectivity index (χ0) is 19.8.